The molecule has 1 aliphatic carbocycles. The van der Waals surface area contributed by atoms with Crippen LogP contribution in [0.2, 0.25) is 0 Å². The summed E-state index contributed by atoms with van der Waals surface area (Å²) in [5, 5.41) is -0.0509. The first-order valence-electron chi connectivity index (χ1n) is 3.33. The van der Waals surface area contributed by atoms with Gasteiger partial charge in [0.05, 0.1) is 0 Å². The van der Waals surface area contributed by atoms with Gasteiger partial charge in [0.15, 0.2) is 0 Å². The summed E-state index contributed by atoms with van der Waals surface area (Å²) in [6.45, 7) is 1.93. The van der Waals surface area contributed by atoms with Crippen molar-refractivity contribution in [1.82, 2.24) is 0 Å². The van der Waals surface area contributed by atoms with E-state index in [2.05, 4.69) is 0 Å². The van der Waals surface area contributed by atoms with Gasteiger partial charge in [0, 0.05) is 5.25 Å². The van der Waals surface area contributed by atoms with Gasteiger partial charge in [0.1, 0.15) is 0 Å². The summed E-state index contributed by atoms with van der Waals surface area (Å²) >= 11 is -1.82. The molecule has 2 nitrogen and oxygen atoms in total. The van der Waals surface area contributed by atoms with Crippen LogP contribution in [0.4, 0.5) is 0 Å². The summed E-state index contributed by atoms with van der Waals surface area (Å²) in [5.74, 6) is 0.494. The molecule has 9 heavy (non-hydrogen) atoms. The molecule has 0 saturated heterocycles. The lowest BCUT2D eigenvalue weighted by atomic mass is 10.2. The highest BCUT2D eigenvalue weighted by Crippen LogP contribution is 2.36. The predicted octanol–water partition coefficient (Wildman–Crippen LogP) is 1.05. The van der Waals surface area contributed by atoms with E-state index in [-0.39, 0.29) is 5.25 Å². The molecule has 1 saturated carbocycles. The molecule has 0 aliphatic heterocycles. The van der Waals surface area contributed by atoms with Gasteiger partial charge >= 0.3 is 0 Å². The van der Waals surface area contributed by atoms with E-state index in [1.165, 1.54) is 0 Å². The van der Waals surface area contributed by atoms with Crippen molar-refractivity contribution in [3.05, 3.63) is 0 Å². The van der Waals surface area contributed by atoms with Crippen LogP contribution in [0, 0.1) is 5.92 Å². The van der Waals surface area contributed by atoms with E-state index in [0.29, 0.717) is 5.92 Å². The maximum Gasteiger partial charge on any atom is 0.0241 e. The highest BCUT2D eigenvalue weighted by Gasteiger charge is 2.30. The zero-order valence-corrected chi connectivity index (χ0v) is 6.32. The lowest BCUT2D eigenvalue weighted by Gasteiger charge is -2.16. The normalized spacial score (nSPS) is 25.6. The molecule has 0 amide bonds. The van der Waals surface area contributed by atoms with Gasteiger partial charge < -0.3 is 4.55 Å². The van der Waals surface area contributed by atoms with E-state index >= 15 is 0 Å². The first kappa shape index (κ1) is 7.22. The number of rotatable bonds is 3. The molecule has 1 aliphatic rings. The Bertz CT molecular complexity index is 120. The summed E-state index contributed by atoms with van der Waals surface area (Å²) < 4.78 is 20.8. The van der Waals surface area contributed by atoms with Crippen LogP contribution < -0.4 is 0 Å². The molecule has 3 heteroatoms. The van der Waals surface area contributed by atoms with Gasteiger partial charge in [-0.25, -0.2) is 0 Å². The van der Waals surface area contributed by atoms with Gasteiger partial charge in [0.2, 0.25) is 0 Å². The molecule has 1 fully saturated rings. The minimum Gasteiger partial charge on any atom is -0.772 e. The first-order valence-corrected chi connectivity index (χ1v) is 4.47. The second-order valence-electron chi connectivity index (χ2n) is 2.54. The van der Waals surface area contributed by atoms with E-state index in [4.69, 9.17) is 0 Å². The average molecular weight is 147 g/mol. The summed E-state index contributed by atoms with van der Waals surface area (Å²) in [6, 6.07) is 0. The third-order valence-corrected chi connectivity index (χ3v) is 3.01. The van der Waals surface area contributed by atoms with Crippen LogP contribution in [-0.2, 0) is 11.1 Å². The van der Waals surface area contributed by atoms with Gasteiger partial charge in [-0.05, 0) is 25.2 Å². The maximum absolute atomic E-state index is 10.4. The van der Waals surface area contributed by atoms with Gasteiger partial charge in [-0.1, -0.05) is 18.0 Å². The molecule has 2 atom stereocenters. The van der Waals surface area contributed by atoms with E-state index in [9.17, 15) is 8.76 Å². The standard InChI is InChI=1S/C6H12O2S/c1-2-6(9(7)8)5-3-4-5/h5-6H,2-4H2,1H3,(H,7,8)/p-1. The predicted molar refractivity (Wildman–Crippen MR) is 35.7 cm³/mol. The third-order valence-electron chi connectivity index (χ3n) is 1.80. The molecule has 0 spiro atoms. The van der Waals surface area contributed by atoms with Crippen molar-refractivity contribution in [2.75, 3.05) is 0 Å². The fourth-order valence-corrected chi connectivity index (χ4v) is 1.95. The summed E-state index contributed by atoms with van der Waals surface area (Å²) in [4.78, 5) is 0. The van der Waals surface area contributed by atoms with Crippen LogP contribution in [0.5, 0.6) is 0 Å². The maximum atomic E-state index is 10.4. The molecular formula is C6H11O2S-. The Balaban J connectivity index is 2.37. The lowest BCUT2D eigenvalue weighted by Crippen LogP contribution is -2.15. The summed E-state index contributed by atoms with van der Waals surface area (Å²) in [7, 11) is 0. The highest BCUT2D eigenvalue weighted by molar-refractivity contribution is 7.79. The van der Waals surface area contributed by atoms with E-state index in [1.54, 1.807) is 0 Å². The molecule has 0 heterocycles. The van der Waals surface area contributed by atoms with Gasteiger partial charge in [0.25, 0.3) is 0 Å². The zero-order valence-electron chi connectivity index (χ0n) is 5.50. The van der Waals surface area contributed by atoms with E-state index in [1.807, 2.05) is 6.92 Å². The topological polar surface area (TPSA) is 40.1 Å². The fourth-order valence-electron chi connectivity index (χ4n) is 1.09. The average Bonchev–Trinajstić information content (AvgIpc) is 2.50. The number of hydrogen-bond donors (Lipinski definition) is 0. The van der Waals surface area contributed by atoms with Crippen LogP contribution in [0.3, 0.4) is 0 Å². The van der Waals surface area contributed by atoms with Crippen molar-refractivity contribution in [1.29, 1.82) is 0 Å². The van der Waals surface area contributed by atoms with Crippen LogP contribution in [0.15, 0.2) is 0 Å². The van der Waals surface area contributed by atoms with Crippen LogP contribution >= 0.6 is 0 Å². The van der Waals surface area contributed by atoms with Gasteiger partial charge in [-0.2, -0.15) is 0 Å². The second-order valence-corrected chi connectivity index (χ2v) is 3.67. The molecular weight excluding hydrogens is 136 g/mol. The minimum atomic E-state index is -1.82. The van der Waals surface area contributed by atoms with Crippen LogP contribution in [-0.4, -0.2) is 14.0 Å². The van der Waals surface area contributed by atoms with E-state index < -0.39 is 11.1 Å². The van der Waals surface area contributed by atoms with Gasteiger partial charge in [-0.3, -0.25) is 4.21 Å². The Hall–Kier alpha value is 0.110. The Morgan fingerprint density at radius 3 is 2.44 bits per heavy atom. The molecule has 54 valence electrons. The monoisotopic (exact) mass is 147 g/mol. The molecule has 0 N–H and O–H groups in total. The first-order chi connectivity index (χ1) is 4.25. The SMILES string of the molecule is CCC(C1CC1)S(=O)[O-]. The molecule has 0 bridgehead atoms. The van der Waals surface area contributed by atoms with Crippen LogP contribution in [0.25, 0.3) is 0 Å². The van der Waals surface area contributed by atoms with Crippen molar-refractivity contribution < 1.29 is 8.76 Å². The van der Waals surface area contributed by atoms with Crippen molar-refractivity contribution in [2.45, 2.75) is 31.4 Å². The molecule has 0 aromatic carbocycles. The van der Waals surface area contributed by atoms with Crippen molar-refractivity contribution >= 4 is 11.1 Å². The fraction of sp³-hybridized carbons (Fsp3) is 1.00. The minimum absolute atomic E-state index is 0.0509. The van der Waals surface area contributed by atoms with Crippen LogP contribution in [0.1, 0.15) is 26.2 Å². The Morgan fingerprint density at radius 2 is 2.33 bits per heavy atom. The molecule has 2 unspecified atom stereocenters. The lowest BCUT2D eigenvalue weighted by molar-refractivity contribution is 0.508. The highest BCUT2D eigenvalue weighted by atomic mass is 32.2. The Morgan fingerprint density at radius 1 is 1.78 bits per heavy atom. The quantitative estimate of drug-likeness (QED) is 0.560. The molecule has 0 radical (unpaired) electrons. The smallest absolute Gasteiger partial charge is 0.0241 e. The second kappa shape index (κ2) is 2.80. The summed E-state index contributed by atoms with van der Waals surface area (Å²) in [6.07, 6.45) is 3.01. The van der Waals surface area contributed by atoms with Gasteiger partial charge in [-0.15, -0.1) is 0 Å². The molecule has 1 rings (SSSR count). The Kier molecular flexibility index (Phi) is 2.24. The van der Waals surface area contributed by atoms with Crippen molar-refractivity contribution in [2.24, 2.45) is 5.92 Å². The van der Waals surface area contributed by atoms with Crippen molar-refractivity contribution in [3.63, 3.8) is 0 Å². The van der Waals surface area contributed by atoms with Crippen molar-refractivity contribution in [3.8, 4) is 0 Å². The largest absolute Gasteiger partial charge is 0.772 e. The third kappa shape index (κ3) is 1.76. The zero-order chi connectivity index (χ0) is 6.85. The molecule has 0 aromatic heterocycles. The summed E-state index contributed by atoms with van der Waals surface area (Å²) in [5.41, 5.74) is 0. The number of hydrogen-bond acceptors (Lipinski definition) is 2. The Labute approximate surface area is 57.9 Å². The van der Waals surface area contributed by atoms with E-state index in [0.717, 1.165) is 19.3 Å². The molecule has 0 aromatic rings.